The van der Waals surface area contributed by atoms with Gasteiger partial charge in [-0.15, -0.1) is 0 Å². The predicted molar refractivity (Wildman–Crippen MR) is 102 cm³/mol. The second-order valence-electron chi connectivity index (χ2n) is 6.40. The van der Waals surface area contributed by atoms with Crippen LogP contribution in [-0.4, -0.2) is 25.1 Å². The second kappa shape index (κ2) is 9.04. The molecule has 0 saturated carbocycles. The molecule has 0 atom stereocenters. The first-order chi connectivity index (χ1) is 12.3. The van der Waals surface area contributed by atoms with Gasteiger partial charge in [0.05, 0.1) is 13.0 Å². The van der Waals surface area contributed by atoms with Crippen molar-refractivity contribution in [3.05, 3.63) is 58.7 Å². The van der Waals surface area contributed by atoms with Crippen molar-refractivity contribution >= 4 is 17.6 Å². The first-order valence-electron chi connectivity index (χ1n) is 8.58. The Balaban J connectivity index is 1.74. The van der Waals surface area contributed by atoms with Gasteiger partial charge in [0.2, 0.25) is 0 Å². The van der Waals surface area contributed by atoms with Crippen LogP contribution >= 0.6 is 0 Å². The number of amides is 1. The van der Waals surface area contributed by atoms with Gasteiger partial charge in [0.15, 0.2) is 6.61 Å². The van der Waals surface area contributed by atoms with E-state index in [1.165, 1.54) is 0 Å². The van der Waals surface area contributed by atoms with Gasteiger partial charge in [0.25, 0.3) is 5.91 Å². The van der Waals surface area contributed by atoms with Crippen molar-refractivity contribution in [1.82, 2.24) is 0 Å². The number of carbonyl (C=O) groups excluding carboxylic acids is 2. The van der Waals surface area contributed by atoms with Crippen molar-refractivity contribution in [1.29, 1.82) is 0 Å². The molecular weight excluding hydrogens is 330 g/mol. The number of rotatable bonds is 7. The van der Waals surface area contributed by atoms with E-state index < -0.39 is 5.97 Å². The summed E-state index contributed by atoms with van der Waals surface area (Å²) >= 11 is 0. The maximum atomic E-state index is 12.0. The molecule has 0 aliphatic heterocycles. The van der Waals surface area contributed by atoms with E-state index in [9.17, 15) is 9.59 Å². The van der Waals surface area contributed by atoms with Crippen LogP contribution in [0.5, 0.6) is 5.75 Å². The second-order valence-corrected chi connectivity index (χ2v) is 6.40. The van der Waals surface area contributed by atoms with Gasteiger partial charge in [-0.25, -0.2) is 0 Å². The molecule has 0 saturated heterocycles. The number of benzene rings is 2. The highest BCUT2D eigenvalue weighted by Gasteiger charge is 2.11. The fraction of sp³-hybridized carbons (Fsp3) is 0.333. The molecule has 0 spiro atoms. The average Bonchev–Trinajstić information content (AvgIpc) is 2.56. The maximum absolute atomic E-state index is 12.0. The van der Waals surface area contributed by atoms with Gasteiger partial charge >= 0.3 is 5.97 Å². The monoisotopic (exact) mass is 355 g/mol. The molecule has 138 valence electrons. The molecule has 0 aliphatic carbocycles. The standard InChI is InChI=1S/C21H25NO4/c1-14-6-5-7-18(12-14)25-9-8-20(24)26-13-19(23)22-21-16(3)10-15(2)11-17(21)4/h5-7,10-12H,8-9,13H2,1-4H3,(H,22,23). The fourth-order valence-electron chi connectivity index (χ4n) is 2.73. The topological polar surface area (TPSA) is 64.6 Å². The summed E-state index contributed by atoms with van der Waals surface area (Å²) in [6, 6.07) is 11.6. The van der Waals surface area contributed by atoms with Crippen LogP contribution in [0.15, 0.2) is 36.4 Å². The van der Waals surface area contributed by atoms with Crippen molar-refractivity contribution < 1.29 is 19.1 Å². The Morgan fingerprint density at radius 3 is 2.31 bits per heavy atom. The number of esters is 1. The molecule has 0 heterocycles. The number of nitrogens with one attached hydrogen (secondary N) is 1. The van der Waals surface area contributed by atoms with Crippen LogP contribution in [-0.2, 0) is 14.3 Å². The molecule has 0 radical (unpaired) electrons. The number of anilines is 1. The third-order valence-electron chi connectivity index (χ3n) is 3.87. The van der Waals surface area contributed by atoms with E-state index in [0.29, 0.717) is 5.75 Å². The van der Waals surface area contributed by atoms with Crippen LogP contribution in [0.4, 0.5) is 5.69 Å². The fourth-order valence-corrected chi connectivity index (χ4v) is 2.73. The van der Waals surface area contributed by atoms with Gasteiger partial charge < -0.3 is 14.8 Å². The summed E-state index contributed by atoms with van der Waals surface area (Å²) in [5, 5.41) is 2.80. The van der Waals surface area contributed by atoms with Crippen molar-refractivity contribution in [3.8, 4) is 5.75 Å². The lowest BCUT2D eigenvalue weighted by atomic mass is 10.1. The molecule has 0 bridgehead atoms. The Kier molecular flexibility index (Phi) is 6.78. The van der Waals surface area contributed by atoms with Crippen LogP contribution in [0.1, 0.15) is 28.7 Å². The van der Waals surface area contributed by atoms with Gasteiger partial charge in [-0.2, -0.15) is 0 Å². The largest absolute Gasteiger partial charge is 0.493 e. The van der Waals surface area contributed by atoms with Crippen LogP contribution in [0.2, 0.25) is 0 Å². The van der Waals surface area contributed by atoms with E-state index in [-0.39, 0.29) is 25.5 Å². The lowest BCUT2D eigenvalue weighted by Crippen LogP contribution is -2.22. The quantitative estimate of drug-likeness (QED) is 0.766. The molecule has 5 heteroatoms. The van der Waals surface area contributed by atoms with Crippen molar-refractivity contribution in [3.63, 3.8) is 0 Å². The van der Waals surface area contributed by atoms with Gasteiger partial charge in [-0.05, 0) is 56.5 Å². The normalized spacial score (nSPS) is 10.3. The van der Waals surface area contributed by atoms with Crippen LogP contribution in [0.25, 0.3) is 0 Å². The van der Waals surface area contributed by atoms with E-state index >= 15 is 0 Å². The zero-order valence-electron chi connectivity index (χ0n) is 15.7. The first kappa shape index (κ1) is 19.5. The predicted octanol–water partition coefficient (Wildman–Crippen LogP) is 3.87. The summed E-state index contributed by atoms with van der Waals surface area (Å²) in [5.41, 5.74) is 4.95. The molecule has 1 N–H and O–H groups in total. The molecule has 1 amide bonds. The Bertz CT molecular complexity index is 775. The third kappa shape index (κ3) is 5.92. The Hall–Kier alpha value is -2.82. The van der Waals surface area contributed by atoms with Gasteiger partial charge in [0.1, 0.15) is 5.75 Å². The van der Waals surface area contributed by atoms with E-state index in [0.717, 1.165) is 27.9 Å². The Labute approximate surface area is 154 Å². The first-order valence-corrected chi connectivity index (χ1v) is 8.58. The molecule has 0 aromatic heterocycles. The molecule has 2 aromatic carbocycles. The summed E-state index contributed by atoms with van der Waals surface area (Å²) in [4.78, 5) is 23.8. The molecule has 5 nitrogen and oxygen atoms in total. The van der Waals surface area contributed by atoms with E-state index in [1.807, 2.05) is 64.1 Å². The summed E-state index contributed by atoms with van der Waals surface area (Å²) in [6.07, 6.45) is 0.0871. The minimum atomic E-state index is -0.467. The number of hydrogen-bond acceptors (Lipinski definition) is 4. The number of aryl methyl sites for hydroxylation is 4. The smallest absolute Gasteiger partial charge is 0.309 e. The molecule has 0 aliphatic rings. The van der Waals surface area contributed by atoms with Crippen LogP contribution in [0.3, 0.4) is 0 Å². The number of carbonyl (C=O) groups is 2. The zero-order valence-corrected chi connectivity index (χ0v) is 15.7. The summed E-state index contributed by atoms with van der Waals surface area (Å²) in [7, 11) is 0. The van der Waals surface area contributed by atoms with Crippen LogP contribution in [0, 0.1) is 27.7 Å². The lowest BCUT2D eigenvalue weighted by molar-refractivity contribution is -0.147. The maximum Gasteiger partial charge on any atom is 0.309 e. The van der Waals surface area contributed by atoms with E-state index in [2.05, 4.69) is 5.32 Å². The molecule has 2 rings (SSSR count). The average molecular weight is 355 g/mol. The number of ether oxygens (including phenoxy) is 2. The lowest BCUT2D eigenvalue weighted by Gasteiger charge is -2.13. The van der Waals surface area contributed by atoms with E-state index in [1.54, 1.807) is 0 Å². The van der Waals surface area contributed by atoms with Crippen LogP contribution < -0.4 is 10.1 Å². The van der Waals surface area contributed by atoms with Crippen molar-refractivity contribution in [2.24, 2.45) is 0 Å². The molecular formula is C21H25NO4. The highest BCUT2D eigenvalue weighted by molar-refractivity contribution is 5.94. The highest BCUT2D eigenvalue weighted by Crippen LogP contribution is 2.21. The third-order valence-corrected chi connectivity index (χ3v) is 3.87. The minimum absolute atomic E-state index is 0.0871. The summed E-state index contributed by atoms with van der Waals surface area (Å²) < 4.78 is 10.5. The Morgan fingerprint density at radius 2 is 1.65 bits per heavy atom. The molecule has 0 unspecified atom stereocenters. The highest BCUT2D eigenvalue weighted by atomic mass is 16.5. The van der Waals surface area contributed by atoms with Gasteiger partial charge in [0, 0.05) is 5.69 Å². The van der Waals surface area contributed by atoms with E-state index in [4.69, 9.17) is 9.47 Å². The minimum Gasteiger partial charge on any atom is -0.493 e. The number of hydrogen-bond donors (Lipinski definition) is 1. The molecule has 2 aromatic rings. The van der Waals surface area contributed by atoms with Crippen molar-refractivity contribution in [2.45, 2.75) is 34.1 Å². The van der Waals surface area contributed by atoms with Crippen molar-refractivity contribution in [2.75, 3.05) is 18.5 Å². The molecule has 0 fully saturated rings. The van der Waals surface area contributed by atoms with Gasteiger partial charge in [-0.3, -0.25) is 9.59 Å². The summed E-state index contributed by atoms with van der Waals surface area (Å²) in [5.74, 6) is -0.112. The zero-order chi connectivity index (χ0) is 19.1. The van der Waals surface area contributed by atoms with Gasteiger partial charge in [-0.1, -0.05) is 29.8 Å². The summed E-state index contributed by atoms with van der Waals surface area (Å²) in [6.45, 7) is 7.74. The SMILES string of the molecule is Cc1cccc(OCCC(=O)OCC(=O)Nc2c(C)cc(C)cc2C)c1. The molecule has 26 heavy (non-hydrogen) atoms. The Morgan fingerprint density at radius 1 is 0.962 bits per heavy atom.